The van der Waals surface area contributed by atoms with Crippen LogP contribution < -0.4 is 5.32 Å². The van der Waals surface area contributed by atoms with Crippen molar-refractivity contribution in [3.8, 4) is 6.07 Å². The zero-order chi connectivity index (χ0) is 14.7. The fraction of sp³-hybridized carbons (Fsp3) is 0.0909. The van der Waals surface area contributed by atoms with Crippen LogP contribution in [0.2, 0.25) is 5.15 Å². The van der Waals surface area contributed by atoms with Gasteiger partial charge in [-0.15, -0.1) is 0 Å². The molecule has 2 heterocycles. The molecule has 102 valence electrons. The first-order valence-corrected chi connectivity index (χ1v) is 6.32. The Hall–Kier alpha value is -2.11. The SMILES string of the molecule is N#Cc1sc(NC(=O)c2ccc(C(F)F)nc2)nc1Cl. The highest BCUT2D eigenvalue weighted by atomic mass is 35.5. The summed E-state index contributed by atoms with van der Waals surface area (Å²) in [7, 11) is 0. The van der Waals surface area contributed by atoms with Crippen LogP contribution in [0.15, 0.2) is 18.3 Å². The van der Waals surface area contributed by atoms with Crippen molar-refractivity contribution in [2.45, 2.75) is 6.43 Å². The first kappa shape index (κ1) is 14.3. The van der Waals surface area contributed by atoms with Crippen molar-refractivity contribution in [2.75, 3.05) is 5.32 Å². The molecule has 0 bridgehead atoms. The van der Waals surface area contributed by atoms with Gasteiger partial charge >= 0.3 is 0 Å². The largest absolute Gasteiger partial charge is 0.298 e. The van der Waals surface area contributed by atoms with E-state index < -0.39 is 18.0 Å². The van der Waals surface area contributed by atoms with Crippen molar-refractivity contribution in [2.24, 2.45) is 0 Å². The number of nitriles is 1. The third-order valence-electron chi connectivity index (χ3n) is 2.18. The van der Waals surface area contributed by atoms with Gasteiger partial charge in [-0.25, -0.2) is 13.8 Å². The molecule has 0 spiro atoms. The second-order valence-electron chi connectivity index (χ2n) is 3.48. The zero-order valence-corrected chi connectivity index (χ0v) is 11.2. The Labute approximate surface area is 120 Å². The van der Waals surface area contributed by atoms with Crippen LogP contribution in [0.25, 0.3) is 0 Å². The third-order valence-corrected chi connectivity index (χ3v) is 3.44. The van der Waals surface area contributed by atoms with Gasteiger partial charge in [0.2, 0.25) is 0 Å². The van der Waals surface area contributed by atoms with Crippen molar-refractivity contribution in [3.63, 3.8) is 0 Å². The summed E-state index contributed by atoms with van der Waals surface area (Å²) in [6, 6.07) is 4.12. The lowest BCUT2D eigenvalue weighted by molar-refractivity contribution is 0.102. The summed E-state index contributed by atoms with van der Waals surface area (Å²) >= 11 is 6.57. The molecule has 5 nitrogen and oxygen atoms in total. The normalized spacial score (nSPS) is 10.3. The molecule has 0 aromatic carbocycles. The standard InChI is InChI=1S/C11H5ClF2N4OS/c12-8-7(3-15)20-11(17-8)18-10(19)5-1-2-6(9(13)14)16-4-5/h1-2,4,9H,(H,17,18,19). The van der Waals surface area contributed by atoms with Crippen LogP contribution in [-0.4, -0.2) is 15.9 Å². The Balaban J connectivity index is 2.13. The van der Waals surface area contributed by atoms with Crippen LogP contribution in [0.1, 0.15) is 27.4 Å². The van der Waals surface area contributed by atoms with E-state index in [1.54, 1.807) is 0 Å². The molecule has 9 heteroatoms. The number of hydrogen-bond acceptors (Lipinski definition) is 5. The van der Waals surface area contributed by atoms with E-state index in [1.165, 1.54) is 6.07 Å². The highest BCUT2D eigenvalue weighted by Crippen LogP contribution is 2.26. The van der Waals surface area contributed by atoms with Crippen LogP contribution in [-0.2, 0) is 0 Å². The number of nitrogens with zero attached hydrogens (tertiary/aromatic N) is 3. The molecule has 0 aliphatic carbocycles. The first-order chi connectivity index (χ1) is 9.51. The highest BCUT2D eigenvalue weighted by molar-refractivity contribution is 7.16. The maximum atomic E-state index is 12.3. The highest BCUT2D eigenvalue weighted by Gasteiger charge is 2.14. The smallest absolute Gasteiger partial charge is 0.280 e. The van der Waals surface area contributed by atoms with Gasteiger partial charge in [-0.2, -0.15) is 5.26 Å². The van der Waals surface area contributed by atoms with E-state index >= 15 is 0 Å². The van der Waals surface area contributed by atoms with Crippen molar-refractivity contribution in [1.82, 2.24) is 9.97 Å². The number of anilines is 1. The van der Waals surface area contributed by atoms with E-state index in [9.17, 15) is 13.6 Å². The zero-order valence-electron chi connectivity index (χ0n) is 9.60. The molecule has 1 N–H and O–H groups in total. The summed E-state index contributed by atoms with van der Waals surface area (Å²) < 4.78 is 24.6. The number of aromatic nitrogens is 2. The third kappa shape index (κ3) is 3.07. The number of halogens is 3. The minimum atomic E-state index is -2.69. The van der Waals surface area contributed by atoms with Gasteiger partial charge in [0.1, 0.15) is 16.6 Å². The molecule has 0 aliphatic heterocycles. The second kappa shape index (κ2) is 5.90. The van der Waals surface area contributed by atoms with Gasteiger partial charge in [0.15, 0.2) is 10.3 Å². The molecule has 2 aromatic heterocycles. The molecule has 20 heavy (non-hydrogen) atoms. The molecule has 0 fully saturated rings. The summed E-state index contributed by atoms with van der Waals surface area (Å²) in [5, 5.41) is 11.3. The van der Waals surface area contributed by atoms with E-state index in [0.717, 1.165) is 23.6 Å². The van der Waals surface area contributed by atoms with Gasteiger partial charge in [-0.3, -0.25) is 15.1 Å². The monoisotopic (exact) mass is 314 g/mol. The molecule has 0 saturated heterocycles. The van der Waals surface area contributed by atoms with Gasteiger partial charge in [0.25, 0.3) is 12.3 Å². The predicted octanol–water partition coefficient (Wildman–Crippen LogP) is 3.25. The van der Waals surface area contributed by atoms with Gasteiger partial charge < -0.3 is 0 Å². The van der Waals surface area contributed by atoms with E-state index in [2.05, 4.69) is 15.3 Å². The van der Waals surface area contributed by atoms with Crippen LogP contribution >= 0.6 is 22.9 Å². The lowest BCUT2D eigenvalue weighted by Crippen LogP contribution is -2.12. The summed E-state index contributed by atoms with van der Waals surface area (Å²) in [4.78, 5) is 19.2. The fourth-order valence-electron chi connectivity index (χ4n) is 1.26. The number of alkyl halides is 2. The number of carbonyl (C=O) groups is 1. The number of hydrogen-bond donors (Lipinski definition) is 1. The molecular formula is C11H5ClF2N4OS. The van der Waals surface area contributed by atoms with Crippen molar-refractivity contribution in [3.05, 3.63) is 39.6 Å². The number of amides is 1. The van der Waals surface area contributed by atoms with E-state index in [-0.39, 0.29) is 20.7 Å². The second-order valence-corrected chi connectivity index (χ2v) is 4.83. The molecule has 0 unspecified atom stereocenters. The quantitative estimate of drug-likeness (QED) is 0.943. The topological polar surface area (TPSA) is 78.7 Å². The average molecular weight is 315 g/mol. The Morgan fingerprint density at radius 1 is 1.50 bits per heavy atom. The molecule has 0 saturated carbocycles. The molecule has 0 atom stereocenters. The van der Waals surface area contributed by atoms with E-state index in [1.807, 2.05) is 6.07 Å². The minimum absolute atomic E-state index is 0.000951. The number of pyridine rings is 1. The predicted molar refractivity (Wildman–Crippen MR) is 69.0 cm³/mol. The number of carbonyl (C=O) groups excluding carboxylic acids is 1. The summed E-state index contributed by atoms with van der Waals surface area (Å²) in [5.74, 6) is -0.576. The first-order valence-electron chi connectivity index (χ1n) is 5.13. The molecular weight excluding hydrogens is 310 g/mol. The van der Waals surface area contributed by atoms with Gasteiger partial charge in [0, 0.05) is 6.20 Å². The molecule has 2 aromatic rings. The van der Waals surface area contributed by atoms with Crippen molar-refractivity contribution in [1.29, 1.82) is 5.26 Å². The maximum Gasteiger partial charge on any atom is 0.280 e. The Bertz CT molecular complexity index is 681. The lowest BCUT2D eigenvalue weighted by atomic mass is 10.2. The van der Waals surface area contributed by atoms with E-state index in [4.69, 9.17) is 16.9 Å². The number of rotatable bonds is 3. The van der Waals surface area contributed by atoms with Crippen molar-refractivity contribution < 1.29 is 13.6 Å². The minimum Gasteiger partial charge on any atom is -0.298 e. The summed E-state index contributed by atoms with van der Waals surface area (Å²) in [6.45, 7) is 0. The Morgan fingerprint density at radius 2 is 2.25 bits per heavy atom. The molecule has 0 aliphatic rings. The van der Waals surface area contributed by atoms with E-state index in [0.29, 0.717) is 0 Å². The maximum absolute atomic E-state index is 12.3. The average Bonchev–Trinajstić information content (AvgIpc) is 2.78. The number of nitrogens with one attached hydrogen (secondary N) is 1. The van der Waals surface area contributed by atoms with Gasteiger partial charge in [-0.05, 0) is 12.1 Å². The van der Waals surface area contributed by atoms with Crippen molar-refractivity contribution >= 4 is 34.0 Å². The summed E-state index contributed by atoms with van der Waals surface area (Å²) in [6.07, 6.45) is -1.65. The number of thiazole rings is 1. The lowest BCUT2D eigenvalue weighted by Gasteiger charge is -2.02. The summed E-state index contributed by atoms with van der Waals surface area (Å²) in [5.41, 5.74) is -0.315. The molecule has 2 rings (SSSR count). The molecule has 0 radical (unpaired) electrons. The van der Waals surface area contributed by atoms with Crippen LogP contribution in [0.3, 0.4) is 0 Å². The van der Waals surface area contributed by atoms with Gasteiger partial charge in [0.05, 0.1) is 5.56 Å². The van der Waals surface area contributed by atoms with Crippen LogP contribution in [0.4, 0.5) is 13.9 Å². The van der Waals surface area contributed by atoms with Crippen LogP contribution in [0, 0.1) is 11.3 Å². The van der Waals surface area contributed by atoms with Crippen LogP contribution in [0.5, 0.6) is 0 Å². The fourth-order valence-corrected chi connectivity index (χ4v) is 2.20. The Kier molecular flexibility index (Phi) is 4.22. The van der Waals surface area contributed by atoms with Gasteiger partial charge in [-0.1, -0.05) is 22.9 Å². The molecule has 1 amide bonds. The Morgan fingerprint density at radius 3 is 2.75 bits per heavy atom.